The van der Waals surface area contributed by atoms with Crippen LogP contribution in [0.3, 0.4) is 0 Å². The van der Waals surface area contributed by atoms with Gasteiger partial charge in [0.25, 0.3) is 5.91 Å². The number of benzene rings is 2. The molecule has 0 radical (unpaired) electrons. The number of piperidine rings is 1. The second-order valence-corrected chi connectivity index (χ2v) is 9.98. The van der Waals surface area contributed by atoms with Gasteiger partial charge >= 0.3 is 0 Å². The number of hydrogen-bond acceptors (Lipinski definition) is 3. The van der Waals surface area contributed by atoms with Gasteiger partial charge < -0.3 is 10.2 Å². The van der Waals surface area contributed by atoms with Crippen molar-refractivity contribution < 1.29 is 4.79 Å². The van der Waals surface area contributed by atoms with Crippen LogP contribution in [0.25, 0.3) is 16.9 Å². The fraction of sp³-hybridized carbons (Fsp3) is 0.385. The highest BCUT2D eigenvalue weighted by molar-refractivity contribution is 6.35. The standard InChI is InChI=1S/C26H29Cl3N4O/c1-18-24(26(34)30-13-3-6-16-32-14-4-2-5-15-32)31-33(23-12-11-21(28)17-22(23)29)25(18)19-7-9-20(27)10-8-19/h7-12,17H,2-6,13-16H2,1H3,(H,30,34). The van der Waals surface area contributed by atoms with E-state index < -0.39 is 0 Å². The Balaban J connectivity index is 1.52. The lowest BCUT2D eigenvalue weighted by Gasteiger charge is -2.26. The van der Waals surface area contributed by atoms with Crippen LogP contribution in [0, 0.1) is 6.92 Å². The Bertz CT molecular complexity index is 1140. The van der Waals surface area contributed by atoms with Crippen molar-refractivity contribution in [3.63, 3.8) is 0 Å². The van der Waals surface area contributed by atoms with E-state index in [2.05, 4.69) is 15.3 Å². The van der Waals surface area contributed by atoms with Crippen LogP contribution in [-0.2, 0) is 0 Å². The summed E-state index contributed by atoms with van der Waals surface area (Å²) in [6.45, 7) is 6.02. The van der Waals surface area contributed by atoms with Crippen molar-refractivity contribution in [3.05, 3.63) is 68.8 Å². The lowest BCUT2D eigenvalue weighted by molar-refractivity contribution is 0.0946. The molecule has 0 atom stereocenters. The van der Waals surface area contributed by atoms with Crippen LogP contribution < -0.4 is 5.32 Å². The van der Waals surface area contributed by atoms with E-state index in [0.717, 1.165) is 36.2 Å². The first-order valence-electron chi connectivity index (χ1n) is 11.8. The molecule has 1 aliphatic heterocycles. The van der Waals surface area contributed by atoms with Crippen LogP contribution in [0.4, 0.5) is 0 Å². The van der Waals surface area contributed by atoms with Gasteiger partial charge in [0.15, 0.2) is 5.69 Å². The van der Waals surface area contributed by atoms with Crippen molar-refractivity contribution in [2.45, 2.75) is 39.0 Å². The number of aromatic nitrogens is 2. The maximum absolute atomic E-state index is 13.1. The van der Waals surface area contributed by atoms with E-state index >= 15 is 0 Å². The van der Waals surface area contributed by atoms with Gasteiger partial charge in [0.05, 0.1) is 16.4 Å². The lowest BCUT2D eigenvalue weighted by atomic mass is 10.1. The monoisotopic (exact) mass is 518 g/mol. The van der Waals surface area contributed by atoms with Crippen LogP contribution in [0.1, 0.15) is 48.2 Å². The molecule has 0 aliphatic carbocycles. The molecule has 0 saturated carbocycles. The average Bonchev–Trinajstić information content (AvgIpc) is 3.17. The van der Waals surface area contributed by atoms with Gasteiger partial charge in [-0.25, -0.2) is 4.68 Å². The predicted molar refractivity (Wildman–Crippen MR) is 141 cm³/mol. The number of nitrogens with zero attached hydrogens (tertiary/aromatic N) is 3. The molecule has 3 aromatic rings. The van der Waals surface area contributed by atoms with E-state index in [1.165, 1.54) is 32.4 Å². The normalized spacial score (nSPS) is 14.4. The Hall–Kier alpha value is -2.05. The molecule has 8 heteroatoms. The second kappa shape index (κ2) is 11.6. The predicted octanol–water partition coefficient (Wildman–Crippen LogP) is 6.80. The molecule has 1 saturated heterocycles. The van der Waals surface area contributed by atoms with Gasteiger partial charge in [-0.1, -0.05) is 53.4 Å². The third-order valence-corrected chi connectivity index (χ3v) is 7.02. The first-order chi connectivity index (χ1) is 16.4. The molecule has 0 bridgehead atoms. The van der Waals surface area contributed by atoms with Crippen molar-refractivity contribution >= 4 is 40.7 Å². The Morgan fingerprint density at radius 3 is 2.38 bits per heavy atom. The van der Waals surface area contributed by atoms with Crippen LogP contribution in [-0.4, -0.2) is 46.8 Å². The smallest absolute Gasteiger partial charge is 0.272 e. The highest BCUT2D eigenvalue weighted by Crippen LogP contribution is 2.33. The third kappa shape index (κ3) is 5.95. The molecule has 2 heterocycles. The first-order valence-corrected chi connectivity index (χ1v) is 12.9. The van der Waals surface area contributed by atoms with Gasteiger partial charge in [-0.05, 0) is 82.6 Å². The maximum Gasteiger partial charge on any atom is 0.272 e. The maximum atomic E-state index is 13.1. The summed E-state index contributed by atoms with van der Waals surface area (Å²) in [5.74, 6) is -0.186. The van der Waals surface area contributed by atoms with Crippen LogP contribution in [0.5, 0.6) is 0 Å². The zero-order valence-corrected chi connectivity index (χ0v) is 21.6. The molecule has 1 fully saturated rings. The Labute approximate surface area is 216 Å². The second-order valence-electron chi connectivity index (χ2n) is 8.70. The Morgan fingerprint density at radius 1 is 0.971 bits per heavy atom. The summed E-state index contributed by atoms with van der Waals surface area (Å²) in [6, 6.07) is 12.7. The number of carbonyl (C=O) groups excluding carboxylic acids is 1. The molecule has 1 aliphatic rings. The SMILES string of the molecule is Cc1c(C(=O)NCCCCN2CCCCC2)nn(-c2ccc(Cl)cc2Cl)c1-c1ccc(Cl)cc1. The van der Waals surface area contributed by atoms with E-state index in [9.17, 15) is 4.79 Å². The van der Waals surface area contributed by atoms with Gasteiger partial charge in [-0.3, -0.25) is 4.79 Å². The average molecular weight is 520 g/mol. The minimum absolute atomic E-state index is 0.186. The van der Waals surface area contributed by atoms with E-state index in [-0.39, 0.29) is 5.91 Å². The van der Waals surface area contributed by atoms with Crippen molar-refractivity contribution in [2.75, 3.05) is 26.2 Å². The zero-order chi connectivity index (χ0) is 24.1. The molecule has 1 N–H and O–H groups in total. The summed E-state index contributed by atoms with van der Waals surface area (Å²) in [5.41, 5.74) is 3.49. The summed E-state index contributed by atoms with van der Waals surface area (Å²) < 4.78 is 1.71. The van der Waals surface area contributed by atoms with Crippen molar-refractivity contribution in [1.29, 1.82) is 0 Å². The molecule has 180 valence electrons. The third-order valence-electron chi connectivity index (χ3n) is 6.23. The van der Waals surface area contributed by atoms with Gasteiger partial charge in [0, 0.05) is 27.7 Å². The minimum atomic E-state index is -0.186. The van der Waals surface area contributed by atoms with E-state index in [0.29, 0.717) is 33.0 Å². The lowest BCUT2D eigenvalue weighted by Crippen LogP contribution is -2.31. The van der Waals surface area contributed by atoms with Crippen molar-refractivity contribution in [2.24, 2.45) is 0 Å². The number of carbonyl (C=O) groups is 1. The molecule has 2 aromatic carbocycles. The number of halogens is 3. The zero-order valence-electron chi connectivity index (χ0n) is 19.3. The molecule has 5 nitrogen and oxygen atoms in total. The molecular weight excluding hydrogens is 491 g/mol. The van der Waals surface area contributed by atoms with Crippen LogP contribution >= 0.6 is 34.8 Å². The molecule has 0 unspecified atom stereocenters. The number of hydrogen-bond donors (Lipinski definition) is 1. The summed E-state index contributed by atoms with van der Waals surface area (Å²) in [7, 11) is 0. The molecule has 4 rings (SSSR count). The molecule has 1 aromatic heterocycles. The number of nitrogens with one attached hydrogen (secondary N) is 1. The Morgan fingerprint density at radius 2 is 1.68 bits per heavy atom. The van der Waals surface area contributed by atoms with E-state index in [4.69, 9.17) is 34.8 Å². The highest BCUT2D eigenvalue weighted by Gasteiger charge is 2.23. The van der Waals surface area contributed by atoms with Gasteiger partial charge in [0.2, 0.25) is 0 Å². The molecular formula is C26H29Cl3N4O. The topological polar surface area (TPSA) is 50.2 Å². The van der Waals surface area contributed by atoms with Crippen molar-refractivity contribution in [3.8, 4) is 16.9 Å². The molecule has 34 heavy (non-hydrogen) atoms. The number of unbranched alkanes of at least 4 members (excludes halogenated alkanes) is 1. The summed E-state index contributed by atoms with van der Waals surface area (Å²) in [6.07, 6.45) is 5.95. The van der Waals surface area contributed by atoms with Gasteiger partial charge in [-0.15, -0.1) is 0 Å². The van der Waals surface area contributed by atoms with Gasteiger partial charge in [-0.2, -0.15) is 5.10 Å². The summed E-state index contributed by atoms with van der Waals surface area (Å²) in [4.78, 5) is 15.6. The van der Waals surface area contributed by atoms with Crippen LogP contribution in [0.2, 0.25) is 15.1 Å². The molecule has 1 amide bonds. The number of amides is 1. The number of likely N-dealkylation sites (tertiary alicyclic amines) is 1. The fourth-order valence-electron chi connectivity index (χ4n) is 4.41. The van der Waals surface area contributed by atoms with Crippen LogP contribution in [0.15, 0.2) is 42.5 Å². The van der Waals surface area contributed by atoms with Crippen molar-refractivity contribution in [1.82, 2.24) is 20.0 Å². The molecule has 0 spiro atoms. The van der Waals surface area contributed by atoms with E-state index in [1.54, 1.807) is 22.9 Å². The summed E-state index contributed by atoms with van der Waals surface area (Å²) in [5, 5.41) is 9.35. The first kappa shape index (κ1) is 25.1. The van der Waals surface area contributed by atoms with E-state index in [1.807, 2.05) is 31.2 Å². The fourth-order valence-corrected chi connectivity index (χ4v) is 5.03. The van der Waals surface area contributed by atoms with Gasteiger partial charge in [0.1, 0.15) is 0 Å². The number of rotatable bonds is 8. The quantitative estimate of drug-likeness (QED) is 0.333. The highest BCUT2D eigenvalue weighted by atomic mass is 35.5. The largest absolute Gasteiger partial charge is 0.351 e. The Kier molecular flexibility index (Phi) is 8.54. The minimum Gasteiger partial charge on any atom is -0.351 e. The summed E-state index contributed by atoms with van der Waals surface area (Å²) >= 11 is 18.7.